The Balaban J connectivity index is 2.88. The molecule has 35 heavy (non-hydrogen) atoms. The quantitative estimate of drug-likeness (QED) is 0.351. The van der Waals surface area contributed by atoms with Crippen molar-refractivity contribution in [3.63, 3.8) is 0 Å². The third-order valence-electron chi connectivity index (χ3n) is 5.23. The molecular weight excluding hydrogens is 462 g/mol. The number of rotatable bonds is 11. The monoisotopic (exact) mass is 493 g/mol. The van der Waals surface area contributed by atoms with Gasteiger partial charge in [-0.25, -0.2) is 4.79 Å². The van der Waals surface area contributed by atoms with Crippen molar-refractivity contribution in [1.29, 1.82) is 0 Å². The third-order valence-corrected chi connectivity index (χ3v) is 5.23. The highest BCUT2D eigenvalue weighted by Gasteiger charge is 2.36. The molecular formula is C22H31N5O8. The van der Waals surface area contributed by atoms with Crippen molar-refractivity contribution in [2.45, 2.75) is 40.2 Å². The van der Waals surface area contributed by atoms with E-state index in [1.54, 1.807) is 0 Å². The lowest BCUT2D eigenvalue weighted by molar-refractivity contribution is -0.386. The number of ether oxygens (including phenoxy) is 3. The van der Waals surface area contributed by atoms with Gasteiger partial charge in [0.05, 0.1) is 26.3 Å². The summed E-state index contributed by atoms with van der Waals surface area (Å²) in [6, 6.07) is 1.15. The Morgan fingerprint density at radius 2 is 1.83 bits per heavy atom. The molecule has 1 aromatic carbocycles. The number of carbonyl (C=O) groups is 1. The molecule has 1 aromatic heterocycles. The second-order valence-electron chi connectivity index (χ2n) is 8.11. The van der Waals surface area contributed by atoms with E-state index < -0.39 is 33.3 Å². The first-order chi connectivity index (χ1) is 16.5. The summed E-state index contributed by atoms with van der Waals surface area (Å²) in [6.07, 6.45) is 1.09. The van der Waals surface area contributed by atoms with Crippen LogP contribution in [0.25, 0.3) is 0 Å². The van der Waals surface area contributed by atoms with Crippen LogP contribution in [0.2, 0.25) is 0 Å². The zero-order chi connectivity index (χ0) is 26.4. The number of anilines is 2. The summed E-state index contributed by atoms with van der Waals surface area (Å²) in [5, 5.41) is 12.0. The van der Waals surface area contributed by atoms with E-state index in [9.17, 15) is 24.5 Å². The Bertz CT molecular complexity index is 1220. The summed E-state index contributed by atoms with van der Waals surface area (Å²) in [7, 11) is 3.77. The zero-order valence-corrected chi connectivity index (χ0v) is 20.7. The van der Waals surface area contributed by atoms with Gasteiger partial charge in [-0.15, -0.1) is 0 Å². The third kappa shape index (κ3) is 5.39. The second kappa shape index (κ2) is 11.4. The molecule has 0 bridgehead atoms. The number of nitro groups is 1. The molecule has 0 fully saturated rings. The number of nitrogens with one attached hydrogen (secondary N) is 1. The van der Waals surface area contributed by atoms with Crippen LogP contribution < -0.4 is 36.1 Å². The van der Waals surface area contributed by atoms with Gasteiger partial charge in [-0.1, -0.05) is 27.2 Å². The van der Waals surface area contributed by atoms with Gasteiger partial charge >= 0.3 is 11.4 Å². The fourth-order valence-corrected chi connectivity index (χ4v) is 3.65. The van der Waals surface area contributed by atoms with E-state index in [1.165, 1.54) is 21.3 Å². The van der Waals surface area contributed by atoms with Gasteiger partial charge in [0.2, 0.25) is 11.5 Å². The Labute approximate surface area is 201 Å². The molecule has 3 N–H and O–H groups in total. The smallest absolute Gasteiger partial charge is 0.330 e. The molecule has 13 heteroatoms. The number of carbonyl (C=O) groups excluding carboxylic acids is 1. The fourth-order valence-electron chi connectivity index (χ4n) is 3.65. The lowest BCUT2D eigenvalue weighted by Crippen LogP contribution is -2.42. The maximum atomic E-state index is 13.8. The number of hydrogen-bond acceptors (Lipinski definition) is 9. The minimum atomic E-state index is -0.892. The van der Waals surface area contributed by atoms with Crippen molar-refractivity contribution >= 4 is 23.1 Å². The molecule has 0 saturated carbocycles. The molecule has 13 nitrogen and oxygen atoms in total. The van der Waals surface area contributed by atoms with Crippen LogP contribution in [0.1, 0.15) is 44.0 Å². The Hall–Kier alpha value is -4.03. The molecule has 0 atom stereocenters. The van der Waals surface area contributed by atoms with E-state index in [0.717, 1.165) is 15.5 Å². The first-order valence-electron chi connectivity index (χ1n) is 11.0. The Morgan fingerprint density at radius 3 is 2.31 bits per heavy atom. The number of nitrogens with zero attached hydrogens (tertiary/aromatic N) is 3. The number of nitro benzene ring substituents is 1. The van der Waals surface area contributed by atoms with Crippen molar-refractivity contribution in [3.8, 4) is 17.2 Å². The molecule has 0 unspecified atom stereocenters. The van der Waals surface area contributed by atoms with E-state index in [4.69, 9.17) is 19.9 Å². The topological polar surface area (TPSA) is 172 Å². The van der Waals surface area contributed by atoms with Crippen LogP contribution in [-0.2, 0) is 6.54 Å². The van der Waals surface area contributed by atoms with Crippen molar-refractivity contribution in [2.24, 2.45) is 5.92 Å². The molecule has 1 amide bonds. The van der Waals surface area contributed by atoms with Crippen LogP contribution >= 0.6 is 0 Å². The molecule has 0 spiro atoms. The predicted octanol–water partition coefficient (Wildman–Crippen LogP) is 2.16. The number of unbranched alkanes of at least 4 members (excludes halogenated alkanes) is 1. The number of aromatic nitrogens is 2. The number of nitrogens with two attached hydrogens (primary N) is 1. The Morgan fingerprint density at radius 1 is 1.20 bits per heavy atom. The molecule has 0 aliphatic carbocycles. The summed E-state index contributed by atoms with van der Waals surface area (Å²) in [6.45, 7) is 5.79. The highest BCUT2D eigenvalue weighted by atomic mass is 16.6. The van der Waals surface area contributed by atoms with E-state index >= 15 is 0 Å². The van der Waals surface area contributed by atoms with Gasteiger partial charge < -0.3 is 24.8 Å². The summed E-state index contributed by atoms with van der Waals surface area (Å²) in [5.41, 5.74) is 3.29. The van der Waals surface area contributed by atoms with Crippen LogP contribution in [0.4, 0.5) is 17.2 Å². The standard InChI is InChI=1S/C22H31N5O8/c1-7-8-9-25(16-19(23)26(11-12(2)3)22(30)24-20(16)28)21(29)13-10-14(33-4)17(34-5)18(35-6)15(13)27(31)32/h10,12H,7-9,11,23H2,1-6H3,(H,24,28,30). The van der Waals surface area contributed by atoms with Gasteiger partial charge in [0.1, 0.15) is 11.4 Å². The summed E-state index contributed by atoms with van der Waals surface area (Å²) < 4.78 is 16.8. The van der Waals surface area contributed by atoms with Gasteiger partial charge in [0, 0.05) is 19.2 Å². The first kappa shape index (κ1) is 27.2. The van der Waals surface area contributed by atoms with Gasteiger partial charge in [-0.05, 0) is 12.3 Å². The summed E-state index contributed by atoms with van der Waals surface area (Å²) in [5.74, 6) is -1.48. The molecule has 0 radical (unpaired) electrons. The van der Waals surface area contributed by atoms with Gasteiger partial charge in [-0.3, -0.25) is 29.3 Å². The highest BCUT2D eigenvalue weighted by molar-refractivity contribution is 6.11. The van der Waals surface area contributed by atoms with Crippen LogP contribution in [0.5, 0.6) is 17.2 Å². The minimum absolute atomic E-state index is 0.00439. The van der Waals surface area contributed by atoms with Crippen molar-refractivity contribution in [2.75, 3.05) is 38.5 Å². The molecule has 2 rings (SSSR count). The van der Waals surface area contributed by atoms with E-state index in [1.807, 2.05) is 20.8 Å². The molecule has 0 aliphatic rings. The number of methoxy groups -OCH3 is 3. The fraction of sp³-hybridized carbons (Fsp3) is 0.500. The van der Waals surface area contributed by atoms with Crippen LogP contribution in [0.3, 0.4) is 0 Å². The highest BCUT2D eigenvalue weighted by Crippen LogP contribution is 2.46. The molecule has 192 valence electrons. The lowest BCUT2D eigenvalue weighted by atomic mass is 10.1. The number of benzene rings is 1. The summed E-state index contributed by atoms with van der Waals surface area (Å²) >= 11 is 0. The van der Waals surface area contributed by atoms with Crippen molar-refractivity contribution in [1.82, 2.24) is 9.55 Å². The van der Waals surface area contributed by atoms with Crippen molar-refractivity contribution < 1.29 is 23.9 Å². The van der Waals surface area contributed by atoms with E-state index in [-0.39, 0.29) is 47.8 Å². The average molecular weight is 494 g/mol. The molecule has 2 aromatic rings. The van der Waals surface area contributed by atoms with Crippen LogP contribution in [0.15, 0.2) is 15.7 Å². The number of aromatic amines is 1. The van der Waals surface area contributed by atoms with Crippen molar-refractivity contribution in [3.05, 3.63) is 42.6 Å². The maximum absolute atomic E-state index is 13.8. The predicted molar refractivity (Wildman–Crippen MR) is 130 cm³/mol. The molecule has 0 aliphatic heterocycles. The maximum Gasteiger partial charge on any atom is 0.330 e. The largest absolute Gasteiger partial charge is 0.493 e. The van der Waals surface area contributed by atoms with Gasteiger partial charge in [0.15, 0.2) is 11.4 Å². The zero-order valence-electron chi connectivity index (χ0n) is 20.7. The lowest BCUT2D eigenvalue weighted by Gasteiger charge is -2.25. The van der Waals surface area contributed by atoms with E-state index in [0.29, 0.717) is 12.8 Å². The first-order valence-corrected chi connectivity index (χ1v) is 11.0. The minimum Gasteiger partial charge on any atom is -0.493 e. The average Bonchev–Trinajstić information content (AvgIpc) is 2.81. The number of hydrogen-bond donors (Lipinski definition) is 2. The van der Waals surface area contributed by atoms with Gasteiger partial charge in [0.25, 0.3) is 11.5 Å². The SMILES string of the molecule is CCCCN(C(=O)c1cc(OC)c(OC)c(OC)c1[N+](=O)[O-])c1c(N)n(CC(C)C)c(=O)[nH]c1=O. The Kier molecular flexibility index (Phi) is 8.87. The van der Waals surface area contributed by atoms with Crippen LogP contribution in [-0.4, -0.2) is 48.3 Å². The second-order valence-corrected chi connectivity index (χ2v) is 8.11. The van der Waals surface area contributed by atoms with Crippen LogP contribution in [0, 0.1) is 16.0 Å². The number of nitrogen functional groups attached to an aromatic ring is 1. The molecule has 1 heterocycles. The number of H-pyrrole nitrogens is 1. The summed E-state index contributed by atoms with van der Waals surface area (Å²) in [4.78, 5) is 53.5. The van der Waals surface area contributed by atoms with E-state index in [2.05, 4.69) is 4.98 Å². The van der Waals surface area contributed by atoms with Gasteiger partial charge in [-0.2, -0.15) is 0 Å². The molecule has 0 saturated heterocycles. The normalized spacial score (nSPS) is 10.8. The number of amides is 1.